The molecule has 0 radical (unpaired) electrons. The van der Waals surface area contributed by atoms with Gasteiger partial charge in [0.15, 0.2) is 0 Å². The van der Waals surface area contributed by atoms with Crippen LogP contribution in [0.25, 0.3) is 11.3 Å². The maximum Gasteiger partial charge on any atom is 0.319 e. The highest BCUT2D eigenvalue weighted by atomic mass is 35.5. The van der Waals surface area contributed by atoms with Gasteiger partial charge in [-0.25, -0.2) is 4.79 Å². The molecule has 1 aromatic carbocycles. The molecule has 2 N–H and O–H groups in total. The number of nitrogens with one attached hydrogen (secondary N) is 2. The first-order valence-corrected chi connectivity index (χ1v) is 8.18. The van der Waals surface area contributed by atoms with Gasteiger partial charge >= 0.3 is 6.03 Å². The number of para-hydroxylation sites is 1. The number of anilines is 1. The van der Waals surface area contributed by atoms with Gasteiger partial charge in [-0.1, -0.05) is 23.7 Å². The van der Waals surface area contributed by atoms with Crippen molar-refractivity contribution >= 4 is 34.7 Å². The normalized spacial score (nSPS) is 10.3. The van der Waals surface area contributed by atoms with Gasteiger partial charge in [0.25, 0.3) is 0 Å². The number of urea groups is 1. The summed E-state index contributed by atoms with van der Waals surface area (Å²) >= 11 is 7.60. The first-order valence-electron chi connectivity index (χ1n) is 6.86. The summed E-state index contributed by atoms with van der Waals surface area (Å²) in [6, 6.07) is 8.69. The van der Waals surface area contributed by atoms with Crippen molar-refractivity contribution in [3.63, 3.8) is 0 Å². The molecule has 3 rings (SSSR count). The van der Waals surface area contributed by atoms with Gasteiger partial charge < -0.3 is 10.6 Å². The SMILES string of the molecule is O=C(NCc1nccnc1-c1ccsc1)Nc1ccccc1Cl. The number of nitrogens with zero attached hydrogens (tertiary/aromatic N) is 2. The third-order valence-electron chi connectivity index (χ3n) is 3.11. The van der Waals surface area contributed by atoms with Crippen LogP contribution in [0.2, 0.25) is 5.02 Å². The van der Waals surface area contributed by atoms with E-state index in [2.05, 4.69) is 20.6 Å². The molecule has 23 heavy (non-hydrogen) atoms. The van der Waals surface area contributed by atoms with E-state index in [1.165, 1.54) is 0 Å². The zero-order valence-electron chi connectivity index (χ0n) is 12.0. The van der Waals surface area contributed by atoms with Gasteiger partial charge in [-0.2, -0.15) is 11.3 Å². The molecular weight excluding hydrogens is 332 g/mol. The van der Waals surface area contributed by atoms with E-state index in [4.69, 9.17) is 11.6 Å². The third-order valence-corrected chi connectivity index (χ3v) is 4.12. The number of hydrogen-bond acceptors (Lipinski definition) is 4. The lowest BCUT2D eigenvalue weighted by atomic mass is 10.2. The lowest BCUT2D eigenvalue weighted by molar-refractivity contribution is 0.251. The summed E-state index contributed by atoms with van der Waals surface area (Å²) < 4.78 is 0. The average Bonchev–Trinajstić information content (AvgIpc) is 3.10. The van der Waals surface area contributed by atoms with Crippen LogP contribution in [0.1, 0.15) is 5.69 Å². The predicted octanol–water partition coefficient (Wildman–Crippen LogP) is 4.18. The second-order valence-corrected chi connectivity index (χ2v) is 5.84. The van der Waals surface area contributed by atoms with Gasteiger partial charge in [0, 0.05) is 23.3 Å². The number of hydrogen-bond donors (Lipinski definition) is 2. The molecule has 0 spiro atoms. The van der Waals surface area contributed by atoms with Crippen molar-refractivity contribution < 1.29 is 4.79 Å². The monoisotopic (exact) mass is 344 g/mol. The Morgan fingerprint density at radius 1 is 1.17 bits per heavy atom. The van der Waals surface area contributed by atoms with Crippen molar-refractivity contribution in [2.45, 2.75) is 6.54 Å². The molecule has 0 fully saturated rings. The molecule has 0 saturated carbocycles. The Balaban J connectivity index is 1.67. The van der Waals surface area contributed by atoms with E-state index < -0.39 is 0 Å². The van der Waals surface area contributed by atoms with Crippen molar-refractivity contribution in [1.82, 2.24) is 15.3 Å². The van der Waals surface area contributed by atoms with Crippen molar-refractivity contribution in [3.8, 4) is 11.3 Å². The van der Waals surface area contributed by atoms with Crippen LogP contribution in [-0.2, 0) is 6.54 Å². The Morgan fingerprint density at radius 2 is 2.00 bits per heavy atom. The highest BCUT2D eigenvalue weighted by Gasteiger charge is 2.10. The van der Waals surface area contributed by atoms with Gasteiger partial charge in [0.2, 0.25) is 0 Å². The smallest absolute Gasteiger partial charge is 0.319 e. The molecule has 116 valence electrons. The van der Waals surface area contributed by atoms with E-state index in [0.717, 1.165) is 11.3 Å². The minimum atomic E-state index is -0.347. The summed E-state index contributed by atoms with van der Waals surface area (Å²) in [4.78, 5) is 20.7. The number of carbonyl (C=O) groups is 1. The summed E-state index contributed by atoms with van der Waals surface area (Å²) in [6.07, 6.45) is 3.25. The lowest BCUT2D eigenvalue weighted by Crippen LogP contribution is -2.29. The van der Waals surface area contributed by atoms with Crippen LogP contribution in [0.5, 0.6) is 0 Å². The summed E-state index contributed by atoms with van der Waals surface area (Å²) in [7, 11) is 0. The van der Waals surface area contributed by atoms with E-state index in [1.807, 2.05) is 16.8 Å². The number of benzene rings is 1. The number of thiophene rings is 1. The molecule has 0 aliphatic rings. The molecule has 2 aromatic heterocycles. The van der Waals surface area contributed by atoms with Crippen molar-refractivity contribution in [3.05, 3.63) is 64.2 Å². The second kappa shape index (κ2) is 7.21. The van der Waals surface area contributed by atoms with E-state index in [-0.39, 0.29) is 12.6 Å². The average molecular weight is 345 g/mol. The lowest BCUT2D eigenvalue weighted by Gasteiger charge is -2.10. The first-order chi connectivity index (χ1) is 11.2. The van der Waals surface area contributed by atoms with Gasteiger partial charge in [0.1, 0.15) is 0 Å². The fourth-order valence-corrected chi connectivity index (χ4v) is 2.85. The van der Waals surface area contributed by atoms with Crippen molar-refractivity contribution in [2.24, 2.45) is 0 Å². The van der Waals surface area contributed by atoms with Crippen LogP contribution in [0.3, 0.4) is 0 Å². The second-order valence-electron chi connectivity index (χ2n) is 4.65. The Hall–Kier alpha value is -2.44. The highest BCUT2D eigenvalue weighted by molar-refractivity contribution is 7.08. The predicted molar refractivity (Wildman–Crippen MR) is 92.7 cm³/mol. The number of carbonyl (C=O) groups excluding carboxylic acids is 1. The van der Waals surface area contributed by atoms with Crippen LogP contribution in [-0.4, -0.2) is 16.0 Å². The molecule has 2 amide bonds. The molecule has 0 bridgehead atoms. The molecule has 0 aliphatic carbocycles. The van der Waals surface area contributed by atoms with E-state index in [0.29, 0.717) is 16.4 Å². The van der Waals surface area contributed by atoms with Gasteiger partial charge in [-0.15, -0.1) is 0 Å². The van der Waals surface area contributed by atoms with Crippen LogP contribution in [0, 0.1) is 0 Å². The Bertz CT molecular complexity index is 807. The largest absolute Gasteiger partial charge is 0.332 e. The molecule has 7 heteroatoms. The summed E-state index contributed by atoms with van der Waals surface area (Å²) in [6.45, 7) is 0.273. The van der Waals surface area contributed by atoms with Gasteiger partial charge in [0.05, 0.1) is 28.6 Å². The van der Waals surface area contributed by atoms with Gasteiger partial charge in [-0.05, 0) is 23.6 Å². The third kappa shape index (κ3) is 3.85. The zero-order chi connectivity index (χ0) is 16.1. The van der Waals surface area contributed by atoms with Crippen molar-refractivity contribution in [2.75, 3.05) is 5.32 Å². The molecule has 2 heterocycles. The summed E-state index contributed by atoms with van der Waals surface area (Å²) in [5, 5.41) is 9.94. The van der Waals surface area contributed by atoms with E-state index in [9.17, 15) is 4.79 Å². The standard InChI is InChI=1S/C16H13ClN4OS/c17-12-3-1-2-4-13(12)21-16(22)20-9-14-15(19-7-6-18-14)11-5-8-23-10-11/h1-8,10H,9H2,(H2,20,21,22). The molecule has 0 unspecified atom stereocenters. The van der Waals surface area contributed by atoms with Crippen LogP contribution in [0.15, 0.2) is 53.5 Å². The molecule has 0 aliphatic heterocycles. The molecule has 0 saturated heterocycles. The number of rotatable bonds is 4. The highest BCUT2D eigenvalue weighted by Crippen LogP contribution is 2.22. The van der Waals surface area contributed by atoms with Crippen LogP contribution in [0.4, 0.5) is 10.5 Å². The van der Waals surface area contributed by atoms with Crippen molar-refractivity contribution in [1.29, 1.82) is 0 Å². The first kappa shape index (κ1) is 15.5. The number of halogens is 1. The van der Waals surface area contributed by atoms with Gasteiger partial charge in [-0.3, -0.25) is 9.97 Å². The maximum absolute atomic E-state index is 12.0. The number of aromatic nitrogens is 2. The molecular formula is C16H13ClN4OS. The fourth-order valence-electron chi connectivity index (χ4n) is 2.03. The minimum Gasteiger partial charge on any atom is -0.332 e. The topological polar surface area (TPSA) is 66.9 Å². The molecule has 3 aromatic rings. The zero-order valence-corrected chi connectivity index (χ0v) is 13.6. The summed E-state index contributed by atoms with van der Waals surface area (Å²) in [5.74, 6) is 0. The van der Waals surface area contributed by atoms with E-state index >= 15 is 0 Å². The van der Waals surface area contributed by atoms with Crippen LogP contribution >= 0.6 is 22.9 Å². The minimum absolute atomic E-state index is 0.273. The molecule has 0 atom stereocenters. The summed E-state index contributed by atoms with van der Waals surface area (Å²) in [5.41, 5.74) is 3.03. The Kier molecular flexibility index (Phi) is 4.85. The maximum atomic E-state index is 12.0. The number of amides is 2. The fraction of sp³-hybridized carbons (Fsp3) is 0.0625. The quantitative estimate of drug-likeness (QED) is 0.746. The Morgan fingerprint density at radius 3 is 2.78 bits per heavy atom. The Labute approximate surface area is 142 Å². The van der Waals surface area contributed by atoms with E-state index in [1.54, 1.807) is 48.0 Å². The molecule has 5 nitrogen and oxygen atoms in total. The van der Waals surface area contributed by atoms with Crippen LogP contribution < -0.4 is 10.6 Å².